The van der Waals surface area contributed by atoms with Crippen molar-refractivity contribution in [2.24, 2.45) is 14.1 Å². The van der Waals surface area contributed by atoms with Gasteiger partial charge in [-0.1, -0.05) is 47.5 Å². The van der Waals surface area contributed by atoms with Crippen LogP contribution in [0.15, 0.2) is 60.9 Å². The van der Waals surface area contributed by atoms with E-state index in [-0.39, 0.29) is 0 Å². The SMILES string of the molecule is Cn1cc2nc(CCc3cccc(F)c3F)cc(Cl)c2n1.Cn1ncc2nc(CCc3cccc(F)c3F)cc(Cl)c21. The molecule has 216 valence electrons. The number of benzene rings is 2. The second-order valence-corrected chi connectivity index (χ2v) is 10.5. The fourth-order valence-corrected chi connectivity index (χ4v) is 5.19. The molecule has 6 nitrogen and oxygen atoms in total. The first-order valence-electron chi connectivity index (χ1n) is 12.9. The monoisotopic (exact) mass is 614 g/mol. The highest BCUT2D eigenvalue weighted by atomic mass is 35.5. The van der Waals surface area contributed by atoms with Crippen LogP contribution in [-0.2, 0) is 39.8 Å². The number of aromatic nitrogens is 6. The summed E-state index contributed by atoms with van der Waals surface area (Å²) in [6, 6.07) is 11.8. The number of fused-ring (bicyclic) bond motifs is 2. The van der Waals surface area contributed by atoms with Gasteiger partial charge in [0.15, 0.2) is 23.3 Å². The van der Waals surface area contributed by atoms with Crippen LogP contribution in [0.3, 0.4) is 0 Å². The Hall–Kier alpha value is -4.02. The van der Waals surface area contributed by atoms with Crippen LogP contribution in [0.2, 0.25) is 10.0 Å². The van der Waals surface area contributed by atoms with Gasteiger partial charge in [-0.25, -0.2) is 27.5 Å². The van der Waals surface area contributed by atoms with Crippen LogP contribution in [0.5, 0.6) is 0 Å². The summed E-state index contributed by atoms with van der Waals surface area (Å²) < 4.78 is 56.8. The molecule has 0 spiro atoms. The number of pyridine rings is 2. The maximum absolute atomic E-state index is 13.6. The van der Waals surface area contributed by atoms with Gasteiger partial charge in [0.25, 0.3) is 0 Å². The zero-order chi connectivity index (χ0) is 30.0. The Morgan fingerprint density at radius 2 is 1.26 bits per heavy atom. The van der Waals surface area contributed by atoms with Crippen LogP contribution in [0.4, 0.5) is 17.6 Å². The number of nitrogens with zero attached hydrogens (tertiary/aromatic N) is 6. The van der Waals surface area contributed by atoms with Crippen molar-refractivity contribution in [2.75, 3.05) is 0 Å². The zero-order valence-electron chi connectivity index (χ0n) is 22.6. The van der Waals surface area contributed by atoms with Crippen molar-refractivity contribution >= 4 is 45.3 Å². The third-order valence-electron chi connectivity index (χ3n) is 6.66. The van der Waals surface area contributed by atoms with E-state index in [4.69, 9.17) is 23.2 Å². The molecule has 4 aromatic heterocycles. The maximum Gasteiger partial charge on any atom is 0.162 e. The molecule has 0 amide bonds. The minimum absolute atomic E-state index is 0.333. The Morgan fingerprint density at radius 1 is 0.714 bits per heavy atom. The molecule has 4 heterocycles. The van der Waals surface area contributed by atoms with Crippen molar-refractivity contribution in [3.63, 3.8) is 0 Å². The lowest BCUT2D eigenvalue weighted by Crippen LogP contribution is -1.99. The quantitative estimate of drug-likeness (QED) is 0.184. The summed E-state index contributed by atoms with van der Waals surface area (Å²) in [5.74, 6) is -3.26. The maximum atomic E-state index is 13.6. The van der Waals surface area contributed by atoms with Crippen molar-refractivity contribution in [2.45, 2.75) is 25.7 Å². The summed E-state index contributed by atoms with van der Waals surface area (Å²) in [7, 11) is 3.58. The average molecular weight is 615 g/mol. The van der Waals surface area contributed by atoms with E-state index in [9.17, 15) is 17.6 Å². The highest BCUT2D eigenvalue weighted by Crippen LogP contribution is 2.24. The third kappa shape index (κ3) is 6.39. The fourth-order valence-electron chi connectivity index (χ4n) is 4.58. The molecular formula is C30H24Cl2F4N6. The van der Waals surface area contributed by atoms with Crippen LogP contribution in [0.1, 0.15) is 22.5 Å². The molecule has 6 rings (SSSR count). The number of halogens is 6. The summed E-state index contributed by atoms with van der Waals surface area (Å²) in [6.07, 6.45) is 5.08. The summed E-state index contributed by atoms with van der Waals surface area (Å²) in [5.41, 5.74) is 4.91. The van der Waals surface area contributed by atoms with Crippen LogP contribution < -0.4 is 0 Å². The van der Waals surface area contributed by atoms with E-state index >= 15 is 0 Å². The van der Waals surface area contributed by atoms with Gasteiger partial charge in [0, 0.05) is 25.5 Å². The van der Waals surface area contributed by atoms with Gasteiger partial charge < -0.3 is 0 Å². The van der Waals surface area contributed by atoms with Gasteiger partial charge in [-0.05, 0) is 61.1 Å². The molecule has 0 aliphatic heterocycles. The van der Waals surface area contributed by atoms with Crippen LogP contribution in [0, 0.1) is 23.3 Å². The minimum Gasteiger partial charge on any atom is -0.273 e. The van der Waals surface area contributed by atoms with Gasteiger partial charge in [0.2, 0.25) is 0 Å². The van der Waals surface area contributed by atoms with E-state index in [1.54, 1.807) is 60.1 Å². The van der Waals surface area contributed by atoms with Crippen molar-refractivity contribution < 1.29 is 17.6 Å². The van der Waals surface area contributed by atoms with Crippen LogP contribution in [0.25, 0.3) is 22.1 Å². The minimum atomic E-state index is -0.832. The molecular weight excluding hydrogens is 591 g/mol. The van der Waals surface area contributed by atoms with Crippen molar-refractivity contribution in [3.8, 4) is 0 Å². The molecule has 0 bridgehead atoms. The second-order valence-electron chi connectivity index (χ2n) is 9.66. The number of rotatable bonds is 6. The fraction of sp³-hybridized carbons (Fsp3) is 0.200. The van der Waals surface area contributed by atoms with E-state index in [0.717, 1.165) is 29.0 Å². The molecule has 0 unspecified atom stereocenters. The molecule has 0 saturated heterocycles. The molecule has 2 aromatic carbocycles. The molecule has 0 atom stereocenters. The van der Waals surface area contributed by atoms with Gasteiger partial charge in [-0.2, -0.15) is 10.2 Å². The van der Waals surface area contributed by atoms with E-state index in [2.05, 4.69) is 20.2 Å². The largest absolute Gasteiger partial charge is 0.273 e. The standard InChI is InChI=1S/2C15H12ClF2N3/c1-21-8-13-15(20-21)11(16)7-10(19-13)6-5-9-3-2-4-12(17)14(9)18;1-21-15-11(16)7-10(20-13(15)8-19-21)6-5-9-3-2-4-12(17)14(9)18/h2*2-4,7-8H,5-6H2,1H3. The molecule has 42 heavy (non-hydrogen) atoms. The van der Waals surface area contributed by atoms with Gasteiger partial charge in [0.1, 0.15) is 22.1 Å². The van der Waals surface area contributed by atoms with Gasteiger partial charge in [-0.15, -0.1) is 0 Å². The van der Waals surface area contributed by atoms with Crippen LogP contribution in [-0.4, -0.2) is 29.5 Å². The topological polar surface area (TPSA) is 61.4 Å². The molecule has 0 aliphatic carbocycles. The van der Waals surface area contributed by atoms with E-state index in [1.165, 1.54) is 12.1 Å². The zero-order valence-corrected chi connectivity index (χ0v) is 24.1. The highest BCUT2D eigenvalue weighted by molar-refractivity contribution is 6.35. The molecule has 0 fully saturated rings. The summed E-state index contributed by atoms with van der Waals surface area (Å²) in [4.78, 5) is 8.88. The van der Waals surface area contributed by atoms with Gasteiger partial charge in [-0.3, -0.25) is 9.36 Å². The lowest BCUT2D eigenvalue weighted by Gasteiger charge is -2.05. The molecule has 12 heteroatoms. The normalized spacial score (nSPS) is 11.2. The predicted molar refractivity (Wildman–Crippen MR) is 155 cm³/mol. The van der Waals surface area contributed by atoms with Crippen molar-refractivity contribution in [3.05, 3.63) is 117 Å². The lowest BCUT2D eigenvalue weighted by atomic mass is 10.1. The van der Waals surface area contributed by atoms with Gasteiger partial charge >= 0.3 is 0 Å². The summed E-state index contributed by atoms with van der Waals surface area (Å²) in [6.45, 7) is 0. The highest BCUT2D eigenvalue weighted by Gasteiger charge is 2.13. The Bertz CT molecular complexity index is 1840. The predicted octanol–water partition coefficient (Wildman–Crippen LogP) is 7.37. The van der Waals surface area contributed by atoms with Crippen molar-refractivity contribution in [1.29, 1.82) is 0 Å². The smallest absolute Gasteiger partial charge is 0.162 e. The Balaban J connectivity index is 0.000000168. The number of hydrogen-bond acceptors (Lipinski definition) is 4. The molecule has 0 saturated carbocycles. The third-order valence-corrected chi connectivity index (χ3v) is 7.24. The Morgan fingerprint density at radius 3 is 1.86 bits per heavy atom. The molecule has 0 N–H and O–H groups in total. The van der Waals surface area contributed by atoms with E-state index in [0.29, 0.717) is 63.4 Å². The first kappa shape index (κ1) is 29.5. The van der Waals surface area contributed by atoms with Gasteiger partial charge in [0.05, 0.1) is 22.4 Å². The second kappa shape index (κ2) is 12.5. The van der Waals surface area contributed by atoms with Crippen LogP contribution >= 0.6 is 23.2 Å². The summed E-state index contributed by atoms with van der Waals surface area (Å²) in [5, 5.41) is 9.37. The number of hydrogen-bond donors (Lipinski definition) is 0. The van der Waals surface area contributed by atoms with E-state index < -0.39 is 23.3 Å². The Kier molecular flexibility index (Phi) is 8.74. The molecule has 6 aromatic rings. The van der Waals surface area contributed by atoms with E-state index in [1.807, 2.05) is 0 Å². The van der Waals surface area contributed by atoms with Crippen molar-refractivity contribution in [1.82, 2.24) is 29.5 Å². The first-order valence-corrected chi connectivity index (χ1v) is 13.7. The lowest BCUT2D eigenvalue weighted by molar-refractivity contribution is 0.498. The first-order chi connectivity index (χ1) is 20.1. The average Bonchev–Trinajstić information content (AvgIpc) is 3.53. The summed E-state index contributed by atoms with van der Waals surface area (Å²) >= 11 is 12.4. The number of aryl methyl sites for hydroxylation is 6. The Labute approximate surface area is 248 Å². The molecule has 0 radical (unpaired) electrons. The molecule has 0 aliphatic rings.